The zero-order valence-electron chi connectivity index (χ0n) is 12.7. The van der Waals surface area contributed by atoms with E-state index in [4.69, 9.17) is 9.47 Å². The molecule has 1 aromatic carbocycles. The van der Waals surface area contributed by atoms with Gasteiger partial charge in [-0.3, -0.25) is 0 Å². The topological polar surface area (TPSA) is 30.5 Å². The van der Waals surface area contributed by atoms with E-state index in [1.165, 1.54) is 11.1 Å². The standard InChI is InChI=1S/C16H27NO2/c1-5-17-15(9-10-19-6-2)12-14-11-13(3)7-8-16(14)18-4/h7-8,11,15,17H,5-6,9-10,12H2,1-4H3. The largest absolute Gasteiger partial charge is 0.496 e. The molecule has 3 nitrogen and oxygen atoms in total. The summed E-state index contributed by atoms with van der Waals surface area (Å²) in [6.07, 6.45) is 2.00. The third-order valence-corrected chi connectivity index (χ3v) is 3.21. The van der Waals surface area contributed by atoms with Crippen molar-refractivity contribution >= 4 is 0 Å². The van der Waals surface area contributed by atoms with E-state index >= 15 is 0 Å². The van der Waals surface area contributed by atoms with Crippen molar-refractivity contribution in [2.75, 3.05) is 26.9 Å². The molecule has 0 heterocycles. The van der Waals surface area contributed by atoms with Crippen LogP contribution in [0.3, 0.4) is 0 Å². The minimum atomic E-state index is 0.437. The minimum Gasteiger partial charge on any atom is -0.496 e. The molecule has 1 rings (SSSR count). The Morgan fingerprint density at radius 1 is 1.26 bits per heavy atom. The Labute approximate surface area is 117 Å². The lowest BCUT2D eigenvalue weighted by molar-refractivity contribution is 0.136. The van der Waals surface area contributed by atoms with Crippen molar-refractivity contribution in [3.8, 4) is 5.75 Å². The number of hydrogen-bond donors (Lipinski definition) is 1. The Balaban J connectivity index is 2.68. The SMILES string of the molecule is CCNC(CCOCC)Cc1cc(C)ccc1OC. The van der Waals surface area contributed by atoms with Gasteiger partial charge in [-0.15, -0.1) is 0 Å². The third-order valence-electron chi connectivity index (χ3n) is 3.21. The van der Waals surface area contributed by atoms with Gasteiger partial charge < -0.3 is 14.8 Å². The first kappa shape index (κ1) is 16.0. The minimum absolute atomic E-state index is 0.437. The quantitative estimate of drug-likeness (QED) is 0.696. The molecule has 1 atom stereocenters. The summed E-state index contributed by atoms with van der Waals surface area (Å²) in [6.45, 7) is 8.86. The molecule has 0 spiro atoms. The van der Waals surface area contributed by atoms with E-state index in [-0.39, 0.29) is 0 Å². The molecule has 0 fully saturated rings. The molecule has 0 saturated carbocycles. The van der Waals surface area contributed by atoms with Gasteiger partial charge in [0, 0.05) is 19.3 Å². The number of rotatable bonds is 9. The number of methoxy groups -OCH3 is 1. The highest BCUT2D eigenvalue weighted by Crippen LogP contribution is 2.21. The summed E-state index contributed by atoms with van der Waals surface area (Å²) in [5.41, 5.74) is 2.54. The second-order valence-corrected chi connectivity index (χ2v) is 4.76. The van der Waals surface area contributed by atoms with Crippen molar-refractivity contribution in [3.05, 3.63) is 29.3 Å². The average Bonchev–Trinajstić information content (AvgIpc) is 2.39. The molecular formula is C16H27NO2. The predicted octanol–water partition coefficient (Wildman–Crippen LogP) is 2.95. The van der Waals surface area contributed by atoms with Gasteiger partial charge in [-0.05, 0) is 44.9 Å². The van der Waals surface area contributed by atoms with Gasteiger partial charge in [-0.2, -0.15) is 0 Å². The second-order valence-electron chi connectivity index (χ2n) is 4.76. The fourth-order valence-electron chi connectivity index (χ4n) is 2.27. The van der Waals surface area contributed by atoms with Gasteiger partial charge in [0.1, 0.15) is 5.75 Å². The highest BCUT2D eigenvalue weighted by molar-refractivity contribution is 5.37. The molecule has 1 unspecified atom stereocenters. The smallest absolute Gasteiger partial charge is 0.122 e. The number of nitrogens with one attached hydrogen (secondary N) is 1. The molecule has 0 aliphatic rings. The Kier molecular flexibility index (Phi) is 7.53. The fourth-order valence-corrected chi connectivity index (χ4v) is 2.27. The van der Waals surface area contributed by atoms with E-state index in [1.807, 2.05) is 6.92 Å². The molecule has 0 saturated heterocycles. The summed E-state index contributed by atoms with van der Waals surface area (Å²) < 4.78 is 10.9. The lowest BCUT2D eigenvalue weighted by Gasteiger charge is -2.19. The van der Waals surface area contributed by atoms with Crippen molar-refractivity contribution < 1.29 is 9.47 Å². The van der Waals surface area contributed by atoms with Crippen LogP contribution in [0.15, 0.2) is 18.2 Å². The molecule has 108 valence electrons. The van der Waals surface area contributed by atoms with Crippen molar-refractivity contribution in [3.63, 3.8) is 0 Å². The van der Waals surface area contributed by atoms with Crippen LogP contribution in [-0.4, -0.2) is 32.9 Å². The maximum absolute atomic E-state index is 5.46. The van der Waals surface area contributed by atoms with Gasteiger partial charge in [0.25, 0.3) is 0 Å². The Morgan fingerprint density at radius 2 is 2.05 bits per heavy atom. The van der Waals surface area contributed by atoms with Crippen LogP contribution < -0.4 is 10.1 Å². The molecule has 0 amide bonds. The van der Waals surface area contributed by atoms with Crippen LogP contribution in [0.5, 0.6) is 5.75 Å². The number of hydrogen-bond acceptors (Lipinski definition) is 3. The number of ether oxygens (including phenoxy) is 2. The predicted molar refractivity (Wildman–Crippen MR) is 80.0 cm³/mol. The van der Waals surface area contributed by atoms with Gasteiger partial charge >= 0.3 is 0 Å². The zero-order chi connectivity index (χ0) is 14.1. The van der Waals surface area contributed by atoms with Gasteiger partial charge in [0.15, 0.2) is 0 Å². The van der Waals surface area contributed by atoms with Crippen LogP contribution in [0.4, 0.5) is 0 Å². The third kappa shape index (κ3) is 5.62. The monoisotopic (exact) mass is 265 g/mol. The maximum atomic E-state index is 5.46. The van der Waals surface area contributed by atoms with Crippen molar-refractivity contribution in [2.45, 2.75) is 39.7 Å². The lowest BCUT2D eigenvalue weighted by atomic mass is 10.0. The highest BCUT2D eigenvalue weighted by Gasteiger charge is 2.12. The Hall–Kier alpha value is -1.06. The summed E-state index contributed by atoms with van der Waals surface area (Å²) >= 11 is 0. The van der Waals surface area contributed by atoms with Gasteiger partial charge in [0.2, 0.25) is 0 Å². The van der Waals surface area contributed by atoms with E-state index in [9.17, 15) is 0 Å². The molecular weight excluding hydrogens is 238 g/mol. The van der Waals surface area contributed by atoms with E-state index in [1.54, 1.807) is 7.11 Å². The number of benzene rings is 1. The summed E-state index contributed by atoms with van der Waals surface area (Å²) in [4.78, 5) is 0. The molecule has 0 aliphatic heterocycles. The van der Waals surface area contributed by atoms with Crippen LogP contribution in [0.2, 0.25) is 0 Å². The van der Waals surface area contributed by atoms with E-state index in [0.717, 1.165) is 38.3 Å². The van der Waals surface area contributed by atoms with Crippen molar-refractivity contribution in [2.24, 2.45) is 0 Å². The molecule has 3 heteroatoms. The fraction of sp³-hybridized carbons (Fsp3) is 0.625. The van der Waals surface area contributed by atoms with Crippen LogP contribution >= 0.6 is 0 Å². The van der Waals surface area contributed by atoms with Crippen LogP contribution in [0, 0.1) is 6.92 Å². The number of likely N-dealkylation sites (N-methyl/N-ethyl adjacent to an activating group) is 1. The van der Waals surface area contributed by atoms with Gasteiger partial charge in [-0.25, -0.2) is 0 Å². The highest BCUT2D eigenvalue weighted by atomic mass is 16.5. The molecule has 0 aliphatic carbocycles. The summed E-state index contributed by atoms with van der Waals surface area (Å²) in [7, 11) is 1.73. The van der Waals surface area contributed by atoms with E-state index < -0.39 is 0 Å². The van der Waals surface area contributed by atoms with Gasteiger partial charge in [-0.1, -0.05) is 24.6 Å². The van der Waals surface area contributed by atoms with E-state index in [0.29, 0.717) is 6.04 Å². The molecule has 1 N–H and O–H groups in total. The molecule has 0 aromatic heterocycles. The maximum Gasteiger partial charge on any atom is 0.122 e. The first-order valence-corrected chi connectivity index (χ1v) is 7.15. The van der Waals surface area contributed by atoms with Crippen molar-refractivity contribution in [1.82, 2.24) is 5.32 Å². The van der Waals surface area contributed by atoms with Gasteiger partial charge in [0.05, 0.1) is 7.11 Å². The van der Waals surface area contributed by atoms with Crippen LogP contribution in [-0.2, 0) is 11.2 Å². The summed E-state index contributed by atoms with van der Waals surface area (Å²) in [6, 6.07) is 6.79. The average molecular weight is 265 g/mol. The molecule has 0 bridgehead atoms. The Bertz CT molecular complexity index is 366. The lowest BCUT2D eigenvalue weighted by Crippen LogP contribution is -2.32. The zero-order valence-corrected chi connectivity index (χ0v) is 12.7. The Morgan fingerprint density at radius 3 is 2.68 bits per heavy atom. The van der Waals surface area contributed by atoms with E-state index in [2.05, 4.69) is 37.4 Å². The molecule has 0 radical (unpaired) electrons. The summed E-state index contributed by atoms with van der Waals surface area (Å²) in [5, 5.41) is 3.53. The first-order chi connectivity index (χ1) is 9.21. The summed E-state index contributed by atoms with van der Waals surface area (Å²) in [5.74, 6) is 0.977. The molecule has 19 heavy (non-hydrogen) atoms. The first-order valence-electron chi connectivity index (χ1n) is 7.15. The normalized spacial score (nSPS) is 12.4. The molecule has 1 aromatic rings. The number of aryl methyl sites for hydroxylation is 1. The second kappa shape index (κ2) is 8.94. The van der Waals surface area contributed by atoms with Crippen LogP contribution in [0.25, 0.3) is 0 Å². The van der Waals surface area contributed by atoms with Crippen LogP contribution in [0.1, 0.15) is 31.4 Å². The van der Waals surface area contributed by atoms with Crippen molar-refractivity contribution in [1.29, 1.82) is 0 Å².